The van der Waals surface area contributed by atoms with E-state index < -0.39 is 16.2 Å². The lowest BCUT2D eigenvalue weighted by atomic mass is 9.66. The summed E-state index contributed by atoms with van der Waals surface area (Å²) in [7, 11) is 3.46. The highest BCUT2D eigenvalue weighted by Crippen LogP contribution is 2.74. The number of methoxy groups -OCH3 is 2. The van der Waals surface area contributed by atoms with Crippen molar-refractivity contribution >= 4 is 0 Å². The summed E-state index contributed by atoms with van der Waals surface area (Å²) in [6.45, 7) is 6.09. The maximum atomic E-state index is 10.4. The summed E-state index contributed by atoms with van der Waals surface area (Å²) in [4.78, 5) is 0. The van der Waals surface area contributed by atoms with Gasteiger partial charge in [0.15, 0.2) is 34.5 Å². The molecule has 0 aromatic heterocycles. The van der Waals surface area contributed by atoms with Gasteiger partial charge in [-0.1, -0.05) is 97.1 Å². The standard InChI is InChI=1S/C53H39NO4/c1-29-30(2)36(26-54)50-49(31(29)3)57-47-23-42-44(25-48(47)58-50)53(39-20-12-8-16-34(39)35-17-9-13-21-40(35)53)28-51(42)27-52(43-24-46(56-5)45(55-4)22-41(43)51)37-18-10-6-14-32(37)33-15-7-11-19-38(33)52/h6-25H,27-28H2,1-5H3. The molecule has 7 aromatic carbocycles. The van der Waals surface area contributed by atoms with E-state index in [9.17, 15) is 5.26 Å². The fourth-order valence-electron chi connectivity index (χ4n) is 12.1. The van der Waals surface area contributed by atoms with Gasteiger partial charge in [0.05, 0.1) is 14.2 Å². The van der Waals surface area contributed by atoms with E-state index in [1.807, 2.05) is 6.92 Å². The van der Waals surface area contributed by atoms with E-state index in [-0.39, 0.29) is 0 Å². The van der Waals surface area contributed by atoms with E-state index >= 15 is 0 Å². The van der Waals surface area contributed by atoms with Crippen LogP contribution in [0.1, 0.15) is 79.6 Å². The number of benzene rings is 7. The number of hydrogen-bond acceptors (Lipinski definition) is 5. The minimum atomic E-state index is -0.522. The van der Waals surface area contributed by atoms with Crippen molar-refractivity contribution in [3.8, 4) is 62.8 Å². The van der Waals surface area contributed by atoms with Crippen molar-refractivity contribution in [3.63, 3.8) is 0 Å². The SMILES string of the molecule is COc1cc2c(cc1OC)C1(CC23CC2(c4ccccc4-c4ccccc42)c2cc4c(cc23)Oc2c(C)c(C)c(C)c(C#N)c2O4)c2ccccc2-c2ccccc21. The molecule has 12 rings (SSSR count). The highest BCUT2D eigenvalue weighted by Gasteiger charge is 2.66. The molecular weight excluding hydrogens is 715 g/mol. The van der Waals surface area contributed by atoms with Crippen molar-refractivity contribution in [2.75, 3.05) is 14.2 Å². The molecule has 0 saturated carbocycles. The number of rotatable bonds is 2. The first-order valence-electron chi connectivity index (χ1n) is 20.0. The first-order chi connectivity index (χ1) is 28.3. The third kappa shape index (κ3) is 3.73. The van der Waals surface area contributed by atoms with Gasteiger partial charge in [-0.25, -0.2) is 0 Å². The second-order valence-electron chi connectivity index (χ2n) is 16.8. The Balaban J connectivity index is 1.21. The number of nitrogens with zero attached hydrogens (tertiary/aromatic N) is 1. The Morgan fingerprint density at radius 1 is 0.483 bits per heavy atom. The molecule has 7 aromatic rings. The Labute approximate surface area is 338 Å². The van der Waals surface area contributed by atoms with E-state index in [4.69, 9.17) is 18.9 Å². The summed E-state index contributed by atoms with van der Waals surface area (Å²) in [5.41, 5.74) is 17.1. The first-order valence-corrected chi connectivity index (χ1v) is 20.0. The Morgan fingerprint density at radius 2 is 0.879 bits per heavy atom. The zero-order valence-corrected chi connectivity index (χ0v) is 33.0. The molecule has 1 heterocycles. The van der Waals surface area contributed by atoms with Crippen LogP contribution in [0.3, 0.4) is 0 Å². The van der Waals surface area contributed by atoms with Gasteiger partial charge in [0.2, 0.25) is 0 Å². The summed E-state index contributed by atoms with van der Waals surface area (Å²) in [5, 5.41) is 10.4. The molecule has 0 fully saturated rings. The number of ether oxygens (including phenoxy) is 4. The van der Waals surface area contributed by atoms with Crippen LogP contribution < -0.4 is 18.9 Å². The lowest BCUT2D eigenvalue weighted by molar-refractivity contribution is 0.353. The average molecular weight is 754 g/mol. The van der Waals surface area contributed by atoms with Crippen molar-refractivity contribution in [2.45, 2.75) is 49.9 Å². The molecule has 0 amide bonds. The molecule has 280 valence electrons. The number of nitriles is 1. The van der Waals surface area contributed by atoms with Crippen LogP contribution in [0, 0.1) is 32.1 Å². The maximum absolute atomic E-state index is 10.4. The second-order valence-corrected chi connectivity index (χ2v) is 16.8. The molecule has 58 heavy (non-hydrogen) atoms. The monoisotopic (exact) mass is 753 g/mol. The van der Waals surface area contributed by atoms with Gasteiger partial charge in [0.25, 0.3) is 0 Å². The van der Waals surface area contributed by atoms with Gasteiger partial charge < -0.3 is 18.9 Å². The third-order valence-electron chi connectivity index (χ3n) is 14.6. The summed E-state index contributed by atoms with van der Waals surface area (Å²) < 4.78 is 26.2. The molecule has 5 aliphatic rings. The topological polar surface area (TPSA) is 60.7 Å². The van der Waals surface area contributed by atoms with E-state index in [2.05, 4.69) is 141 Å². The van der Waals surface area contributed by atoms with Gasteiger partial charge in [-0.3, -0.25) is 0 Å². The molecule has 1 atom stereocenters. The van der Waals surface area contributed by atoms with E-state index in [1.165, 1.54) is 66.8 Å². The zero-order chi connectivity index (χ0) is 39.3. The highest BCUT2D eigenvalue weighted by atomic mass is 16.6. The molecule has 1 aliphatic heterocycles. The molecule has 3 spiro atoms. The van der Waals surface area contributed by atoms with E-state index in [0.29, 0.717) is 34.3 Å². The maximum Gasteiger partial charge on any atom is 0.188 e. The van der Waals surface area contributed by atoms with Gasteiger partial charge in [0.1, 0.15) is 11.6 Å². The molecule has 1 unspecified atom stereocenters. The normalized spacial score (nSPS) is 18.2. The van der Waals surface area contributed by atoms with E-state index in [1.54, 1.807) is 14.2 Å². The second kappa shape index (κ2) is 11.2. The third-order valence-corrected chi connectivity index (χ3v) is 14.6. The largest absolute Gasteiger partial charge is 0.493 e. The van der Waals surface area contributed by atoms with Crippen LogP contribution in [0.2, 0.25) is 0 Å². The lowest BCUT2D eigenvalue weighted by Gasteiger charge is -2.35. The van der Waals surface area contributed by atoms with Crippen LogP contribution in [0.4, 0.5) is 0 Å². The number of fused-ring (bicyclic) bond motifs is 18. The van der Waals surface area contributed by atoms with Crippen molar-refractivity contribution in [2.24, 2.45) is 0 Å². The van der Waals surface area contributed by atoms with Crippen LogP contribution in [-0.2, 0) is 16.2 Å². The Kier molecular flexibility index (Phi) is 6.45. The van der Waals surface area contributed by atoms with Gasteiger partial charge >= 0.3 is 0 Å². The van der Waals surface area contributed by atoms with E-state index in [0.717, 1.165) is 35.3 Å². The number of hydrogen-bond donors (Lipinski definition) is 0. The Bertz CT molecular complexity index is 2970. The fraction of sp³-hybridized carbons (Fsp3) is 0.189. The molecule has 5 heteroatoms. The molecule has 0 radical (unpaired) electrons. The summed E-state index contributed by atoms with van der Waals surface area (Å²) in [5.74, 6) is 3.82. The molecule has 0 N–H and O–H groups in total. The molecule has 0 bridgehead atoms. The molecule has 4 aliphatic carbocycles. The average Bonchev–Trinajstić information content (AvgIpc) is 3.92. The van der Waals surface area contributed by atoms with Crippen molar-refractivity contribution in [1.82, 2.24) is 0 Å². The smallest absolute Gasteiger partial charge is 0.188 e. The minimum Gasteiger partial charge on any atom is -0.493 e. The lowest BCUT2D eigenvalue weighted by Crippen LogP contribution is -2.32. The Morgan fingerprint density at radius 3 is 1.34 bits per heavy atom. The highest BCUT2D eigenvalue weighted by molar-refractivity contribution is 5.90. The molecule has 0 saturated heterocycles. The van der Waals surface area contributed by atoms with Crippen LogP contribution in [0.5, 0.6) is 34.5 Å². The van der Waals surface area contributed by atoms with Crippen LogP contribution in [0.15, 0.2) is 121 Å². The molecule has 5 nitrogen and oxygen atoms in total. The van der Waals surface area contributed by atoms with Crippen LogP contribution >= 0.6 is 0 Å². The predicted molar refractivity (Wildman–Crippen MR) is 225 cm³/mol. The van der Waals surface area contributed by atoms with Gasteiger partial charge in [0, 0.05) is 16.2 Å². The summed E-state index contributed by atoms with van der Waals surface area (Å²) in [6, 6.07) is 47.3. The van der Waals surface area contributed by atoms with Gasteiger partial charge in [-0.15, -0.1) is 0 Å². The Hall–Kier alpha value is -6.77. The van der Waals surface area contributed by atoms with Crippen molar-refractivity contribution in [1.29, 1.82) is 5.26 Å². The van der Waals surface area contributed by atoms with Crippen LogP contribution in [0.25, 0.3) is 22.3 Å². The first kappa shape index (κ1) is 33.4. The quantitative estimate of drug-likeness (QED) is 0.176. The van der Waals surface area contributed by atoms with Gasteiger partial charge in [-0.2, -0.15) is 5.26 Å². The minimum absolute atomic E-state index is 0.477. The summed E-state index contributed by atoms with van der Waals surface area (Å²) in [6.07, 6.45) is 1.58. The zero-order valence-electron chi connectivity index (χ0n) is 33.0. The van der Waals surface area contributed by atoms with Crippen molar-refractivity contribution in [3.05, 3.63) is 188 Å². The van der Waals surface area contributed by atoms with Crippen molar-refractivity contribution < 1.29 is 18.9 Å². The molecular formula is C53H39NO4. The fourth-order valence-corrected chi connectivity index (χ4v) is 12.1. The van der Waals surface area contributed by atoms with Gasteiger partial charge in [-0.05, 0) is 141 Å². The predicted octanol–water partition coefficient (Wildman–Crippen LogP) is 12.1. The summed E-state index contributed by atoms with van der Waals surface area (Å²) >= 11 is 0. The van der Waals surface area contributed by atoms with Crippen LogP contribution in [-0.4, -0.2) is 14.2 Å².